The lowest BCUT2D eigenvalue weighted by atomic mass is 10.4. The van der Waals surface area contributed by atoms with E-state index in [-0.39, 0.29) is 0 Å². The van der Waals surface area contributed by atoms with E-state index in [1.54, 1.807) is 0 Å². The van der Waals surface area contributed by atoms with Crippen LogP contribution in [0.15, 0.2) is 42.6 Å². The Morgan fingerprint density at radius 1 is 1.40 bits per heavy atom. The van der Waals surface area contributed by atoms with Crippen LogP contribution in [0.1, 0.15) is 6.42 Å². The van der Waals surface area contributed by atoms with Crippen LogP contribution in [0.2, 0.25) is 12.1 Å². The molecule has 1 aromatic rings. The molecule has 1 aromatic carbocycles. The highest BCUT2D eigenvalue weighted by Crippen LogP contribution is 2.62. The minimum Gasteiger partial charge on any atom is -0.107 e. The van der Waals surface area contributed by atoms with Crippen molar-refractivity contribution in [1.29, 1.82) is 0 Å². The fraction of sp³-hybridized carbons (Fsp3) is 0.333. The molecule has 1 fully saturated rings. The normalized spacial score (nSPS) is 26.7. The molecular formula is C12H14Cl2Si. The molecule has 2 unspecified atom stereocenters. The standard InChI is InChI=1S/C12H14Cl2Si/c1-3-15(2,11-9-12(11,13)14)10-7-5-4-6-8-10/h3-8,11H,1,9H2,2H3. The van der Waals surface area contributed by atoms with Crippen molar-refractivity contribution in [3.63, 3.8) is 0 Å². The predicted octanol–water partition coefficient (Wildman–Crippen LogP) is 3.65. The molecule has 0 bridgehead atoms. The van der Waals surface area contributed by atoms with Crippen molar-refractivity contribution < 1.29 is 0 Å². The molecule has 0 nitrogen and oxygen atoms in total. The Morgan fingerprint density at radius 3 is 2.33 bits per heavy atom. The van der Waals surface area contributed by atoms with Gasteiger partial charge in [0.05, 0.1) is 0 Å². The molecule has 15 heavy (non-hydrogen) atoms. The van der Waals surface area contributed by atoms with E-state index in [0.717, 1.165) is 6.42 Å². The third-order valence-corrected chi connectivity index (χ3v) is 9.14. The Balaban J connectivity index is 2.35. The maximum atomic E-state index is 6.17. The number of alkyl halides is 2. The van der Waals surface area contributed by atoms with Gasteiger partial charge in [-0.15, -0.1) is 29.8 Å². The third kappa shape index (κ3) is 1.89. The highest BCUT2D eigenvalue weighted by molar-refractivity contribution is 6.98. The molecule has 2 atom stereocenters. The van der Waals surface area contributed by atoms with Crippen molar-refractivity contribution in [2.75, 3.05) is 0 Å². The average Bonchev–Trinajstić information content (AvgIpc) is 2.89. The largest absolute Gasteiger partial charge is 0.119 e. The lowest BCUT2D eigenvalue weighted by Gasteiger charge is -2.24. The van der Waals surface area contributed by atoms with Crippen molar-refractivity contribution in [2.45, 2.75) is 22.8 Å². The van der Waals surface area contributed by atoms with Gasteiger partial charge in [0, 0.05) is 0 Å². The van der Waals surface area contributed by atoms with Crippen molar-refractivity contribution in [3.05, 3.63) is 42.6 Å². The van der Waals surface area contributed by atoms with E-state index in [1.807, 2.05) is 6.07 Å². The van der Waals surface area contributed by atoms with Crippen LogP contribution in [0.3, 0.4) is 0 Å². The molecule has 2 rings (SSSR count). The van der Waals surface area contributed by atoms with Crippen LogP contribution in [0.25, 0.3) is 0 Å². The summed E-state index contributed by atoms with van der Waals surface area (Å²) in [4.78, 5) is 0. The highest BCUT2D eigenvalue weighted by Gasteiger charge is 2.60. The molecule has 0 saturated heterocycles. The van der Waals surface area contributed by atoms with Gasteiger partial charge in [0.1, 0.15) is 12.4 Å². The first-order valence-corrected chi connectivity index (χ1v) is 8.49. The Kier molecular flexibility index (Phi) is 2.74. The van der Waals surface area contributed by atoms with Crippen LogP contribution in [-0.4, -0.2) is 12.4 Å². The minimum atomic E-state index is -1.70. The number of halogens is 2. The van der Waals surface area contributed by atoms with Crippen LogP contribution in [0.4, 0.5) is 0 Å². The monoisotopic (exact) mass is 256 g/mol. The average molecular weight is 257 g/mol. The van der Waals surface area contributed by atoms with Crippen molar-refractivity contribution in [1.82, 2.24) is 0 Å². The van der Waals surface area contributed by atoms with Crippen molar-refractivity contribution in [2.24, 2.45) is 0 Å². The number of hydrogen-bond acceptors (Lipinski definition) is 0. The van der Waals surface area contributed by atoms with Crippen LogP contribution < -0.4 is 5.19 Å². The first-order valence-electron chi connectivity index (χ1n) is 5.07. The number of rotatable bonds is 3. The first kappa shape index (κ1) is 11.2. The van der Waals surface area contributed by atoms with Gasteiger partial charge in [0.15, 0.2) is 0 Å². The van der Waals surface area contributed by atoms with E-state index < -0.39 is 12.4 Å². The summed E-state index contributed by atoms with van der Waals surface area (Å²) in [6.07, 6.45) is 0.903. The molecular weight excluding hydrogens is 243 g/mol. The summed E-state index contributed by atoms with van der Waals surface area (Å²) in [6.45, 7) is 6.26. The number of hydrogen-bond donors (Lipinski definition) is 0. The number of benzene rings is 1. The topological polar surface area (TPSA) is 0 Å². The van der Waals surface area contributed by atoms with Crippen LogP contribution in [0, 0.1) is 0 Å². The van der Waals surface area contributed by atoms with Gasteiger partial charge >= 0.3 is 0 Å². The smallest absolute Gasteiger partial charge is 0.107 e. The third-order valence-electron chi connectivity index (χ3n) is 3.37. The van der Waals surface area contributed by atoms with E-state index >= 15 is 0 Å². The Morgan fingerprint density at radius 2 is 1.93 bits per heavy atom. The van der Waals surface area contributed by atoms with Gasteiger partial charge in [-0.1, -0.05) is 47.8 Å². The van der Waals surface area contributed by atoms with Gasteiger partial charge < -0.3 is 0 Å². The molecule has 0 aromatic heterocycles. The fourth-order valence-corrected chi connectivity index (χ4v) is 7.51. The second-order valence-electron chi connectivity index (χ2n) is 4.37. The molecule has 0 aliphatic heterocycles. The van der Waals surface area contributed by atoms with E-state index in [9.17, 15) is 0 Å². The minimum absolute atomic E-state index is 0.410. The summed E-state index contributed by atoms with van der Waals surface area (Å²) in [5.74, 6) is 0. The molecule has 0 N–H and O–H groups in total. The van der Waals surface area contributed by atoms with Gasteiger partial charge in [0.25, 0.3) is 0 Å². The molecule has 1 saturated carbocycles. The zero-order chi connectivity index (χ0) is 11.1. The summed E-state index contributed by atoms with van der Waals surface area (Å²) in [5, 5.41) is 1.37. The highest BCUT2D eigenvalue weighted by atomic mass is 35.5. The van der Waals surface area contributed by atoms with Gasteiger partial charge in [-0.3, -0.25) is 0 Å². The van der Waals surface area contributed by atoms with Gasteiger partial charge in [-0.25, -0.2) is 0 Å². The maximum Gasteiger partial charge on any atom is 0.119 e. The van der Waals surface area contributed by atoms with E-state index in [1.165, 1.54) is 5.19 Å². The molecule has 0 heterocycles. The Bertz CT molecular complexity index is 374. The molecule has 0 spiro atoms. The van der Waals surface area contributed by atoms with E-state index in [0.29, 0.717) is 5.54 Å². The van der Waals surface area contributed by atoms with Crippen LogP contribution in [0.5, 0.6) is 0 Å². The maximum absolute atomic E-state index is 6.17. The van der Waals surface area contributed by atoms with Crippen LogP contribution >= 0.6 is 23.2 Å². The zero-order valence-corrected chi connectivity index (χ0v) is 11.2. The van der Waals surface area contributed by atoms with Crippen molar-refractivity contribution >= 4 is 36.5 Å². The fourth-order valence-electron chi connectivity index (χ4n) is 2.12. The van der Waals surface area contributed by atoms with Gasteiger partial charge in [-0.05, 0) is 12.0 Å². The van der Waals surface area contributed by atoms with Gasteiger partial charge in [-0.2, -0.15) is 0 Å². The molecule has 3 heteroatoms. The zero-order valence-electron chi connectivity index (χ0n) is 8.71. The lowest BCUT2D eigenvalue weighted by molar-refractivity contribution is 1.31. The Labute approximate surface area is 102 Å². The second-order valence-corrected chi connectivity index (χ2v) is 10.2. The predicted molar refractivity (Wildman–Crippen MR) is 70.7 cm³/mol. The SMILES string of the molecule is C=C[Si](C)(c1ccccc1)C1CC1(Cl)Cl. The van der Waals surface area contributed by atoms with Crippen LogP contribution in [-0.2, 0) is 0 Å². The molecule has 1 aliphatic rings. The summed E-state index contributed by atoms with van der Waals surface area (Å²) in [5.41, 5.74) is 2.51. The molecule has 80 valence electrons. The summed E-state index contributed by atoms with van der Waals surface area (Å²) in [6, 6.07) is 10.5. The summed E-state index contributed by atoms with van der Waals surface area (Å²) >= 11 is 12.3. The Hall–Kier alpha value is -0.243. The van der Waals surface area contributed by atoms with E-state index in [2.05, 4.69) is 43.1 Å². The van der Waals surface area contributed by atoms with E-state index in [4.69, 9.17) is 23.2 Å². The summed E-state index contributed by atoms with van der Waals surface area (Å²) < 4.78 is -0.509. The molecule has 0 amide bonds. The van der Waals surface area contributed by atoms with Gasteiger partial charge in [0.2, 0.25) is 0 Å². The quantitative estimate of drug-likeness (QED) is 0.573. The molecule has 0 radical (unpaired) electrons. The first-order chi connectivity index (χ1) is 7.00. The summed E-state index contributed by atoms with van der Waals surface area (Å²) in [7, 11) is -1.70. The second kappa shape index (κ2) is 3.65. The lowest BCUT2D eigenvalue weighted by Crippen LogP contribution is -2.44. The van der Waals surface area contributed by atoms with Crippen molar-refractivity contribution in [3.8, 4) is 0 Å². The molecule has 1 aliphatic carbocycles.